The number of hydrogen-bond acceptors (Lipinski definition) is 6. The maximum Gasteiger partial charge on any atom is 0.226 e. The highest BCUT2D eigenvalue weighted by molar-refractivity contribution is 5.84. The summed E-state index contributed by atoms with van der Waals surface area (Å²) in [5.74, 6) is 1.39. The van der Waals surface area contributed by atoms with Crippen molar-refractivity contribution in [1.82, 2.24) is 29.3 Å². The van der Waals surface area contributed by atoms with E-state index in [-0.39, 0.29) is 11.5 Å². The van der Waals surface area contributed by atoms with Gasteiger partial charge in [-0.15, -0.1) is 0 Å². The molecule has 3 aromatic rings. The first-order valence-corrected chi connectivity index (χ1v) is 10.8. The fourth-order valence-electron chi connectivity index (χ4n) is 3.84. The average Bonchev–Trinajstić information content (AvgIpc) is 3.28. The minimum Gasteiger partial charge on any atom is -0.361 e. The third-order valence-corrected chi connectivity index (χ3v) is 5.82. The molecule has 1 unspecified atom stereocenters. The number of nitrogens with zero attached hydrogens (tertiary/aromatic N) is 6. The predicted molar refractivity (Wildman–Crippen MR) is 125 cm³/mol. The quantitative estimate of drug-likeness (QED) is 0.630. The van der Waals surface area contributed by atoms with Gasteiger partial charge in [-0.1, -0.05) is 44.1 Å². The standard InChI is InChI=1S/C23H32N8/c1-15-7-8-17(23(2,3)4)11-18(15)27-21-19-20(25-14-30(19)5)28-22(29-21)24-10-9-16-12-26-31(6)13-16/h7-8,12-14,18H,9-11H2,1-6H3,(H2,24,27,28,29). The number of imidazole rings is 1. The Hall–Kier alpha value is -3.16. The molecule has 0 spiro atoms. The summed E-state index contributed by atoms with van der Waals surface area (Å²) in [7, 11) is 3.90. The molecule has 8 nitrogen and oxygen atoms in total. The lowest BCUT2D eigenvalue weighted by Crippen LogP contribution is -2.28. The third-order valence-electron chi connectivity index (χ3n) is 5.82. The molecule has 0 bridgehead atoms. The van der Waals surface area contributed by atoms with Crippen LogP contribution in [0.1, 0.15) is 39.7 Å². The highest BCUT2D eigenvalue weighted by Crippen LogP contribution is 2.34. The Labute approximate surface area is 183 Å². The summed E-state index contributed by atoms with van der Waals surface area (Å²) < 4.78 is 3.79. The van der Waals surface area contributed by atoms with Crippen LogP contribution in [0.2, 0.25) is 0 Å². The van der Waals surface area contributed by atoms with Gasteiger partial charge in [-0.25, -0.2) is 4.98 Å². The zero-order valence-electron chi connectivity index (χ0n) is 19.3. The van der Waals surface area contributed by atoms with E-state index in [0.717, 1.165) is 30.7 Å². The SMILES string of the molecule is CC1=CC=C(C(C)(C)C)CC1Nc1nc(NCCc2cnn(C)c2)nc2ncn(C)c12. The summed E-state index contributed by atoms with van der Waals surface area (Å²) in [4.78, 5) is 13.9. The van der Waals surface area contributed by atoms with Crippen molar-refractivity contribution in [3.63, 3.8) is 0 Å². The Bertz CT molecular complexity index is 1140. The van der Waals surface area contributed by atoms with Gasteiger partial charge in [0.25, 0.3) is 0 Å². The number of nitrogens with one attached hydrogen (secondary N) is 2. The maximum absolute atomic E-state index is 4.82. The van der Waals surface area contributed by atoms with Crippen molar-refractivity contribution < 1.29 is 0 Å². The molecule has 8 heteroatoms. The number of aryl methyl sites for hydroxylation is 2. The van der Waals surface area contributed by atoms with Crippen molar-refractivity contribution in [2.75, 3.05) is 17.2 Å². The van der Waals surface area contributed by atoms with E-state index in [9.17, 15) is 0 Å². The zero-order chi connectivity index (χ0) is 22.2. The van der Waals surface area contributed by atoms with Crippen LogP contribution in [0.4, 0.5) is 11.8 Å². The third kappa shape index (κ3) is 4.62. The minimum atomic E-state index is 0.143. The molecule has 3 aromatic heterocycles. The first-order valence-electron chi connectivity index (χ1n) is 10.8. The maximum atomic E-state index is 4.82. The zero-order valence-corrected chi connectivity index (χ0v) is 19.3. The molecule has 0 amide bonds. The molecular weight excluding hydrogens is 388 g/mol. The first kappa shape index (κ1) is 21.1. The lowest BCUT2D eigenvalue weighted by molar-refractivity contribution is 0.473. The Balaban J connectivity index is 1.55. The number of rotatable bonds is 6. The van der Waals surface area contributed by atoms with Crippen LogP contribution in [0.25, 0.3) is 11.2 Å². The lowest BCUT2D eigenvalue weighted by atomic mass is 9.79. The predicted octanol–water partition coefficient (Wildman–Crippen LogP) is 3.85. The molecular formula is C23H32N8. The second-order valence-corrected chi connectivity index (χ2v) is 9.38. The number of aromatic nitrogens is 6. The largest absolute Gasteiger partial charge is 0.361 e. The van der Waals surface area contributed by atoms with E-state index in [1.54, 1.807) is 6.33 Å². The van der Waals surface area contributed by atoms with Gasteiger partial charge in [0, 0.05) is 26.8 Å². The molecule has 0 aromatic carbocycles. The van der Waals surface area contributed by atoms with Crippen molar-refractivity contribution in [3.05, 3.63) is 47.6 Å². The number of anilines is 2. The summed E-state index contributed by atoms with van der Waals surface area (Å²) >= 11 is 0. The first-order chi connectivity index (χ1) is 14.7. The van der Waals surface area contributed by atoms with E-state index in [0.29, 0.717) is 11.6 Å². The smallest absolute Gasteiger partial charge is 0.226 e. The van der Waals surface area contributed by atoms with Crippen molar-refractivity contribution >= 4 is 22.9 Å². The van der Waals surface area contributed by atoms with Gasteiger partial charge in [0.1, 0.15) is 5.52 Å². The minimum absolute atomic E-state index is 0.143. The van der Waals surface area contributed by atoms with E-state index >= 15 is 0 Å². The van der Waals surface area contributed by atoms with E-state index in [1.165, 1.54) is 16.7 Å². The number of hydrogen-bond donors (Lipinski definition) is 2. The summed E-state index contributed by atoms with van der Waals surface area (Å²) in [6.07, 6.45) is 12.0. The van der Waals surface area contributed by atoms with E-state index in [1.807, 2.05) is 35.7 Å². The molecule has 31 heavy (non-hydrogen) atoms. The Kier molecular flexibility index (Phi) is 5.56. The van der Waals surface area contributed by atoms with E-state index < -0.39 is 0 Å². The van der Waals surface area contributed by atoms with Gasteiger partial charge < -0.3 is 15.2 Å². The van der Waals surface area contributed by atoms with Crippen LogP contribution in [0.5, 0.6) is 0 Å². The molecule has 4 rings (SSSR count). The molecule has 164 valence electrons. The lowest BCUT2D eigenvalue weighted by Gasteiger charge is -2.31. The average molecular weight is 421 g/mol. The van der Waals surface area contributed by atoms with Crippen LogP contribution in [-0.2, 0) is 20.5 Å². The summed E-state index contributed by atoms with van der Waals surface area (Å²) in [6, 6.07) is 0.190. The second-order valence-electron chi connectivity index (χ2n) is 9.38. The van der Waals surface area contributed by atoms with Gasteiger partial charge in [-0.3, -0.25) is 4.68 Å². The topological polar surface area (TPSA) is 85.5 Å². The molecule has 0 radical (unpaired) electrons. The highest BCUT2D eigenvalue weighted by atomic mass is 15.2. The van der Waals surface area contributed by atoms with Crippen LogP contribution in [0, 0.1) is 5.41 Å². The van der Waals surface area contributed by atoms with Crippen LogP contribution in [0.15, 0.2) is 42.0 Å². The van der Waals surface area contributed by atoms with Gasteiger partial charge in [0.15, 0.2) is 11.5 Å². The molecule has 1 aliphatic rings. The van der Waals surface area contributed by atoms with E-state index in [4.69, 9.17) is 4.98 Å². The molecule has 1 atom stereocenters. The van der Waals surface area contributed by atoms with Crippen LogP contribution >= 0.6 is 0 Å². The van der Waals surface area contributed by atoms with Crippen LogP contribution < -0.4 is 10.6 Å². The fourth-order valence-corrected chi connectivity index (χ4v) is 3.84. The van der Waals surface area contributed by atoms with Crippen LogP contribution in [-0.4, -0.2) is 41.9 Å². The van der Waals surface area contributed by atoms with Gasteiger partial charge in [-0.2, -0.15) is 15.1 Å². The monoisotopic (exact) mass is 420 g/mol. The molecule has 3 heterocycles. The number of allylic oxidation sites excluding steroid dienone is 2. The van der Waals surface area contributed by atoms with Crippen molar-refractivity contribution in [1.29, 1.82) is 0 Å². The van der Waals surface area contributed by atoms with Gasteiger partial charge in [0.05, 0.1) is 18.6 Å². The molecule has 1 aliphatic carbocycles. The number of fused-ring (bicyclic) bond motifs is 1. The summed E-state index contributed by atoms with van der Waals surface area (Å²) in [6.45, 7) is 9.68. The molecule has 0 saturated carbocycles. The van der Waals surface area contributed by atoms with Gasteiger partial charge >= 0.3 is 0 Å². The molecule has 0 fully saturated rings. The van der Waals surface area contributed by atoms with Crippen molar-refractivity contribution in [3.8, 4) is 0 Å². The normalized spacial score (nSPS) is 16.9. The molecule has 0 saturated heterocycles. The fraction of sp³-hybridized carbons (Fsp3) is 0.478. The van der Waals surface area contributed by atoms with Crippen molar-refractivity contribution in [2.24, 2.45) is 19.5 Å². The highest BCUT2D eigenvalue weighted by Gasteiger charge is 2.25. The summed E-state index contributed by atoms with van der Waals surface area (Å²) in [5.41, 5.74) is 5.65. The second kappa shape index (κ2) is 8.17. The Morgan fingerprint density at radius 1 is 1.16 bits per heavy atom. The van der Waals surface area contributed by atoms with E-state index in [2.05, 4.69) is 65.5 Å². The van der Waals surface area contributed by atoms with Gasteiger partial charge in [-0.05, 0) is 30.7 Å². The van der Waals surface area contributed by atoms with Crippen molar-refractivity contribution in [2.45, 2.75) is 46.6 Å². The molecule has 0 aliphatic heterocycles. The molecule has 2 N–H and O–H groups in total. The Morgan fingerprint density at radius 3 is 2.68 bits per heavy atom. The van der Waals surface area contributed by atoms with Gasteiger partial charge in [0.2, 0.25) is 5.95 Å². The Morgan fingerprint density at radius 2 is 1.97 bits per heavy atom. The van der Waals surface area contributed by atoms with Crippen LogP contribution in [0.3, 0.4) is 0 Å². The summed E-state index contributed by atoms with van der Waals surface area (Å²) in [5, 5.41) is 11.3.